The first-order chi connectivity index (χ1) is 13.5. The molecule has 0 aliphatic carbocycles. The minimum absolute atomic E-state index is 0.0534. The monoisotopic (exact) mass is 387 g/mol. The Balaban J connectivity index is 1.64. The molecule has 3 rings (SSSR count). The third kappa shape index (κ3) is 4.42. The van der Waals surface area contributed by atoms with Crippen LogP contribution in [-0.4, -0.2) is 59.8 Å². The largest absolute Gasteiger partial charge is 0.486 e. The number of nitrogens with one attached hydrogen (secondary N) is 2. The number of hydrogen-bond acceptors (Lipinski definition) is 6. The third-order valence-electron chi connectivity index (χ3n) is 4.45. The van der Waals surface area contributed by atoms with Crippen molar-refractivity contribution in [3.63, 3.8) is 0 Å². The van der Waals surface area contributed by atoms with E-state index in [1.165, 1.54) is 4.90 Å². The number of likely N-dealkylation sites (N-methyl/N-ethyl adjacent to an activating group) is 2. The molecule has 1 unspecified atom stereocenters. The highest BCUT2D eigenvalue weighted by Gasteiger charge is 2.26. The molecule has 2 heterocycles. The van der Waals surface area contributed by atoms with Gasteiger partial charge in [0, 0.05) is 37.1 Å². The van der Waals surface area contributed by atoms with Gasteiger partial charge in [0.25, 0.3) is 0 Å². The van der Waals surface area contributed by atoms with Crippen LogP contribution in [0.2, 0.25) is 0 Å². The van der Waals surface area contributed by atoms with Gasteiger partial charge in [0.1, 0.15) is 19.3 Å². The van der Waals surface area contributed by atoms with Crippen LogP contribution in [0.3, 0.4) is 0 Å². The van der Waals surface area contributed by atoms with Crippen LogP contribution in [0.5, 0.6) is 11.5 Å². The van der Waals surface area contributed by atoms with Crippen LogP contribution in [-0.2, 0) is 16.6 Å². The van der Waals surface area contributed by atoms with Crippen LogP contribution in [0.15, 0.2) is 30.6 Å². The average molecular weight is 387 g/mol. The van der Waals surface area contributed by atoms with Crippen LogP contribution >= 0.6 is 0 Å². The Morgan fingerprint density at radius 1 is 1.29 bits per heavy atom. The zero-order chi connectivity index (χ0) is 20.1. The number of amides is 2. The van der Waals surface area contributed by atoms with Crippen molar-refractivity contribution < 1.29 is 19.1 Å². The summed E-state index contributed by atoms with van der Waals surface area (Å²) in [5.41, 5.74) is 1.34. The second-order valence-electron chi connectivity index (χ2n) is 6.43. The summed E-state index contributed by atoms with van der Waals surface area (Å²) in [6, 6.07) is 4.66. The van der Waals surface area contributed by atoms with E-state index in [1.807, 2.05) is 6.92 Å². The fourth-order valence-electron chi connectivity index (χ4n) is 3.05. The molecule has 1 aliphatic heterocycles. The van der Waals surface area contributed by atoms with Crippen LogP contribution in [0.1, 0.15) is 18.5 Å². The molecule has 0 saturated heterocycles. The molecule has 0 bridgehead atoms. The Labute approximate surface area is 163 Å². The molecule has 1 aliphatic rings. The Morgan fingerprint density at radius 2 is 2.04 bits per heavy atom. The summed E-state index contributed by atoms with van der Waals surface area (Å²) in [6.45, 7) is 3.18. The summed E-state index contributed by atoms with van der Waals surface area (Å²) in [4.78, 5) is 26.9. The number of carbonyl (C=O) groups excluding carboxylic acids is 2. The molecule has 0 spiro atoms. The molecule has 9 nitrogen and oxygen atoms in total. The van der Waals surface area contributed by atoms with E-state index in [2.05, 4.69) is 15.7 Å². The highest BCUT2D eigenvalue weighted by Crippen LogP contribution is 2.32. The number of fused-ring (bicyclic) bond motifs is 1. The van der Waals surface area contributed by atoms with Gasteiger partial charge in [0.15, 0.2) is 11.5 Å². The second kappa shape index (κ2) is 8.75. The van der Waals surface area contributed by atoms with Gasteiger partial charge in [-0.3, -0.25) is 14.3 Å². The van der Waals surface area contributed by atoms with Gasteiger partial charge in [0.2, 0.25) is 11.8 Å². The summed E-state index contributed by atoms with van der Waals surface area (Å²) < 4.78 is 12.6. The van der Waals surface area contributed by atoms with Crippen LogP contribution in [0.4, 0.5) is 5.69 Å². The topological polar surface area (TPSA) is 97.7 Å². The van der Waals surface area contributed by atoms with E-state index >= 15 is 0 Å². The Hall–Kier alpha value is -3.07. The van der Waals surface area contributed by atoms with Crippen LogP contribution < -0.4 is 20.1 Å². The zero-order valence-corrected chi connectivity index (χ0v) is 16.3. The van der Waals surface area contributed by atoms with Crippen molar-refractivity contribution in [2.45, 2.75) is 13.0 Å². The number of benzene rings is 1. The maximum absolute atomic E-state index is 12.9. The van der Waals surface area contributed by atoms with Gasteiger partial charge >= 0.3 is 0 Å². The number of ether oxygens (including phenoxy) is 2. The van der Waals surface area contributed by atoms with Crippen LogP contribution in [0, 0.1) is 0 Å². The summed E-state index contributed by atoms with van der Waals surface area (Å²) in [5.74, 6) is 0.783. The molecule has 2 N–H and O–H groups in total. The normalized spacial score (nSPS) is 13.7. The predicted molar refractivity (Wildman–Crippen MR) is 103 cm³/mol. The lowest BCUT2D eigenvalue weighted by atomic mass is 10.1. The number of aryl methyl sites for hydroxylation is 1. The molecule has 1 aromatic heterocycles. The number of nitrogens with zero attached hydrogens (tertiary/aromatic N) is 3. The van der Waals surface area contributed by atoms with E-state index in [-0.39, 0.29) is 18.4 Å². The van der Waals surface area contributed by atoms with E-state index in [4.69, 9.17) is 9.47 Å². The summed E-state index contributed by atoms with van der Waals surface area (Å²) >= 11 is 0. The molecule has 9 heteroatoms. The molecule has 0 radical (unpaired) electrons. The Bertz CT molecular complexity index is 851. The lowest BCUT2D eigenvalue weighted by Crippen LogP contribution is -2.43. The van der Waals surface area contributed by atoms with E-state index in [0.29, 0.717) is 36.9 Å². The number of hydrogen-bond donors (Lipinski definition) is 2. The number of carbonyl (C=O) groups is 2. The minimum atomic E-state index is -0.559. The van der Waals surface area contributed by atoms with Gasteiger partial charge in [-0.1, -0.05) is 0 Å². The smallest absolute Gasteiger partial charge is 0.244 e. The molecular weight excluding hydrogens is 362 g/mol. The number of rotatable bonds is 7. The van der Waals surface area contributed by atoms with E-state index in [1.54, 1.807) is 49.4 Å². The molecule has 2 amide bonds. The van der Waals surface area contributed by atoms with Gasteiger partial charge in [-0.15, -0.1) is 0 Å². The molecule has 0 saturated carbocycles. The van der Waals surface area contributed by atoms with Crippen molar-refractivity contribution in [3.05, 3.63) is 36.2 Å². The zero-order valence-electron chi connectivity index (χ0n) is 16.3. The predicted octanol–water partition coefficient (Wildman–Crippen LogP) is 0.939. The molecular formula is C19H25N5O4. The Morgan fingerprint density at radius 3 is 2.68 bits per heavy atom. The molecule has 28 heavy (non-hydrogen) atoms. The molecule has 0 fully saturated rings. The average Bonchev–Trinajstić information content (AvgIpc) is 3.12. The van der Waals surface area contributed by atoms with Gasteiger partial charge < -0.3 is 25.0 Å². The molecule has 150 valence electrons. The first kappa shape index (κ1) is 19.7. The minimum Gasteiger partial charge on any atom is -0.486 e. The lowest BCUT2D eigenvalue weighted by Gasteiger charge is -2.25. The van der Waals surface area contributed by atoms with Gasteiger partial charge in [-0.05, 0) is 26.1 Å². The number of aromatic nitrogens is 2. The SMILES string of the molecule is CCN(CC(=O)Nc1ccc2c(c1)OCCO2)C(=O)C(NC)c1cnn(C)c1. The van der Waals surface area contributed by atoms with Crippen molar-refractivity contribution in [2.75, 3.05) is 38.7 Å². The van der Waals surface area contributed by atoms with Crippen molar-refractivity contribution in [2.24, 2.45) is 7.05 Å². The van der Waals surface area contributed by atoms with Gasteiger partial charge in [-0.25, -0.2) is 0 Å². The summed E-state index contributed by atoms with van der Waals surface area (Å²) in [5, 5.41) is 9.91. The summed E-state index contributed by atoms with van der Waals surface area (Å²) in [6.07, 6.45) is 3.42. The quantitative estimate of drug-likeness (QED) is 0.734. The van der Waals surface area contributed by atoms with Gasteiger partial charge in [0.05, 0.1) is 12.7 Å². The van der Waals surface area contributed by atoms with Crippen molar-refractivity contribution >= 4 is 17.5 Å². The number of anilines is 1. The second-order valence-corrected chi connectivity index (χ2v) is 6.43. The van der Waals surface area contributed by atoms with E-state index in [0.717, 1.165) is 5.56 Å². The molecule has 1 atom stereocenters. The first-order valence-electron chi connectivity index (χ1n) is 9.16. The highest BCUT2D eigenvalue weighted by atomic mass is 16.6. The maximum Gasteiger partial charge on any atom is 0.244 e. The third-order valence-corrected chi connectivity index (χ3v) is 4.45. The lowest BCUT2D eigenvalue weighted by molar-refractivity contribution is -0.136. The van der Waals surface area contributed by atoms with E-state index < -0.39 is 6.04 Å². The standard InChI is InChI=1S/C19H25N5O4/c1-4-24(19(26)18(20-2)13-10-21-23(3)11-13)12-17(25)22-14-5-6-15-16(9-14)28-8-7-27-15/h5-6,9-11,18,20H,4,7-8,12H2,1-3H3,(H,22,25). The van der Waals surface area contributed by atoms with Crippen molar-refractivity contribution in [1.82, 2.24) is 20.0 Å². The fourth-order valence-corrected chi connectivity index (χ4v) is 3.05. The van der Waals surface area contributed by atoms with E-state index in [9.17, 15) is 9.59 Å². The first-order valence-corrected chi connectivity index (χ1v) is 9.16. The fraction of sp³-hybridized carbons (Fsp3) is 0.421. The van der Waals surface area contributed by atoms with Crippen molar-refractivity contribution in [1.29, 1.82) is 0 Å². The van der Waals surface area contributed by atoms with Crippen molar-refractivity contribution in [3.8, 4) is 11.5 Å². The van der Waals surface area contributed by atoms with Gasteiger partial charge in [-0.2, -0.15) is 5.10 Å². The Kier molecular flexibility index (Phi) is 6.15. The maximum atomic E-state index is 12.9. The highest BCUT2D eigenvalue weighted by molar-refractivity contribution is 5.95. The van der Waals surface area contributed by atoms with Crippen LogP contribution in [0.25, 0.3) is 0 Å². The summed E-state index contributed by atoms with van der Waals surface area (Å²) in [7, 11) is 3.50. The molecule has 2 aromatic rings. The molecule has 1 aromatic carbocycles.